The van der Waals surface area contributed by atoms with E-state index in [1.165, 1.54) is 0 Å². The first-order valence-electron chi connectivity index (χ1n) is 4.75. The van der Waals surface area contributed by atoms with E-state index in [0.29, 0.717) is 24.6 Å². The summed E-state index contributed by atoms with van der Waals surface area (Å²) in [6, 6.07) is 0. The second kappa shape index (κ2) is 4.14. The quantitative estimate of drug-likeness (QED) is 0.619. The van der Waals surface area contributed by atoms with E-state index in [1.807, 2.05) is 10.6 Å². The molecule has 80 valence electrons. The molecule has 0 fully saturated rings. The first-order valence-corrected chi connectivity index (χ1v) is 4.75. The van der Waals surface area contributed by atoms with E-state index >= 15 is 0 Å². The van der Waals surface area contributed by atoms with Crippen LogP contribution in [-0.4, -0.2) is 32.6 Å². The van der Waals surface area contributed by atoms with Gasteiger partial charge in [0.25, 0.3) is 0 Å². The van der Waals surface area contributed by atoms with E-state index in [1.54, 1.807) is 12.4 Å². The van der Waals surface area contributed by atoms with Crippen molar-refractivity contribution >= 4 is 17.3 Å². The van der Waals surface area contributed by atoms with E-state index in [9.17, 15) is 0 Å². The minimum atomic E-state index is 0.153. The third kappa shape index (κ3) is 1.99. The van der Waals surface area contributed by atoms with Crippen LogP contribution in [0.4, 0.5) is 11.6 Å². The Morgan fingerprint density at radius 3 is 3.20 bits per heavy atom. The highest BCUT2D eigenvalue weighted by Gasteiger charge is 2.04. The lowest BCUT2D eigenvalue weighted by atomic mass is 10.4. The lowest BCUT2D eigenvalue weighted by molar-refractivity contribution is 0.292. The molecule has 0 unspecified atom stereocenters. The molecule has 0 radical (unpaired) electrons. The van der Waals surface area contributed by atoms with Gasteiger partial charge >= 0.3 is 0 Å². The normalized spacial score (nSPS) is 10.7. The number of nitrogens with two attached hydrogens (primary N) is 1. The highest BCUT2D eigenvalue weighted by Crippen LogP contribution is 2.14. The van der Waals surface area contributed by atoms with Gasteiger partial charge in [-0.25, -0.2) is 9.97 Å². The molecule has 2 aromatic heterocycles. The van der Waals surface area contributed by atoms with Crippen molar-refractivity contribution in [1.29, 1.82) is 0 Å². The van der Waals surface area contributed by atoms with Gasteiger partial charge in [-0.05, 0) is 6.42 Å². The second-order valence-electron chi connectivity index (χ2n) is 3.18. The van der Waals surface area contributed by atoms with Crippen molar-refractivity contribution in [3.8, 4) is 0 Å². The van der Waals surface area contributed by atoms with Crippen molar-refractivity contribution in [3.05, 3.63) is 18.6 Å². The Labute approximate surface area is 86.8 Å². The summed E-state index contributed by atoms with van der Waals surface area (Å²) in [5.74, 6) is 1.08. The summed E-state index contributed by atoms with van der Waals surface area (Å²) in [6.45, 7) is 0.801. The predicted molar refractivity (Wildman–Crippen MR) is 57.6 cm³/mol. The zero-order valence-electron chi connectivity index (χ0n) is 8.22. The maximum Gasteiger partial charge on any atom is 0.180 e. The molecule has 0 spiro atoms. The number of hydrogen-bond donors (Lipinski definition) is 3. The van der Waals surface area contributed by atoms with E-state index in [4.69, 9.17) is 10.8 Å². The molecule has 2 heterocycles. The van der Waals surface area contributed by atoms with Crippen LogP contribution < -0.4 is 11.1 Å². The van der Waals surface area contributed by atoms with Crippen LogP contribution in [0.15, 0.2) is 18.6 Å². The minimum absolute atomic E-state index is 0.153. The van der Waals surface area contributed by atoms with Crippen LogP contribution in [0.2, 0.25) is 0 Å². The van der Waals surface area contributed by atoms with Gasteiger partial charge in [-0.2, -0.15) is 0 Å². The highest BCUT2D eigenvalue weighted by atomic mass is 16.3. The summed E-state index contributed by atoms with van der Waals surface area (Å²) in [5.41, 5.74) is 6.38. The Hall–Kier alpha value is -1.82. The summed E-state index contributed by atoms with van der Waals surface area (Å²) >= 11 is 0. The zero-order valence-corrected chi connectivity index (χ0v) is 8.22. The Morgan fingerprint density at radius 1 is 1.53 bits per heavy atom. The molecule has 6 nitrogen and oxygen atoms in total. The van der Waals surface area contributed by atoms with Crippen LogP contribution in [-0.2, 0) is 0 Å². The molecule has 6 heteroatoms. The molecule has 0 aromatic carbocycles. The number of rotatable bonds is 4. The van der Waals surface area contributed by atoms with Crippen molar-refractivity contribution in [3.63, 3.8) is 0 Å². The molecule has 0 atom stereocenters. The number of nitrogens with one attached hydrogen (secondary N) is 1. The van der Waals surface area contributed by atoms with Gasteiger partial charge in [0.1, 0.15) is 5.82 Å². The van der Waals surface area contributed by atoms with Gasteiger partial charge in [0.2, 0.25) is 0 Å². The van der Waals surface area contributed by atoms with Gasteiger partial charge in [-0.3, -0.25) is 0 Å². The van der Waals surface area contributed by atoms with Gasteiger partial charge in [0.15, 0.2) is 11.5 Å². The molecule has 4 N–H and O–H groups in total. The fourth-order valence-electron chi connectivity index (χ4n) is 1.36. The standard InChI is InChI=1S/C9H13N5O/c10-7-6-14-4-3-12-9(14)8(13-7)11-2-1-5-15/h3-4,6,15H,1-2,5,10H2,(H,11,13). The van der Waals surface area contributed by atoms with Crippen molar-refractivity contribution in [2.45, 2.75) is 6.42 Å². The fraction of sp³-hybridized carbons (Fsp3) is 0.333. The Kier molecular flexibility index (Phi) is 2.68. The molecule has 0 aliphatic carbocycles. The summed E-state index contributed by atoms with van der Waals surface area (Å²) in [4.78, 5) is 8.31. The number of aliphatic hydroxyl groups excluding tert-OH is 1. The Bertz CT molecular complexity index is 453. The third-order valence-corrected chi connectivity index (χ3v) is 2.02. The molecule has 2 rings (SSSR count). The number of anilines is 2. The topological polar surface area (TPSA) is 88.5 Å². The summed E-state index contributed by atoms with van der Waals surface area (Å²) in [7, 11) is 0. The van der Waals surface area contributed by atoms with Crippen LogP contribution in [0, 0.1) is 0 Å². The maximum absolute atomic E-state index is 8.67. The number of imidazole rings is 1. The second-order valence-corrected chi connectivity index (χ2v) is 3.18. The number of nitrogens with zero attached hydrogens (tertiary/aromatic N) is 3. The van der Waals surface area contributed by atoms with Crippen LogP contribution in [0.3, 0.4) is 0 Å². The lowest BCUT2D eigenvalue weighted by Gasteiger charge is -2.06. The highest BCUT2D eigenvalue weighted by molar-refractivity contribution is 5.64. The fourth-order valence-corrected chi connectivity index (χ4v) is 1.36. The molecule has 0 bridgehead atoms. The van der Waals surface area contributed by atoms with Gasteiger partial charge in [0.05, 0.1) is 6.20 Å². The van der Waals surface area contributed by atoms with Gasteiger partial charge in [0, 0.05) is 25.5 Å². The smallest absolute Gasteiger partial charge is 0.180 e. The minimum Gasteiger partial charge on any atom is -0.396 e. The molecule has 2 aromatic rings. The molecule has 0 saturated heterocycles. The third-order valence-electron chi connectivity index (χ3n) is 2.02. The molecule has 0 aliphatic heterocycles. The van der Waals surface area contributed by atoms with Crippen LogP contribution in [0.5, 0.6) is 0 Å². The average molecular weight is 207 g/mol. The van der Waals surface area contributed by atoms with E-state index in [2.05, 4.69) is 15.3 Å². The summed E-state index contributed by atoms with van der Waals surface area (Å²) in [6.07, 6.45) is 5.88. The van der Waals surface area contributed by atoms with E-state index < -0.39 is 0 Å². The molecule has 0 amide bonds. The number of aliphatic hydroxyl groups is 1. The first-order chi connectivity index (χ1) is 7.31. The predicted octanol–water partition coefficient (Wildman–Crippen LogP) is 0.106. The number of aromatic nitrogens is 3. The lowest BCUT2D eigenvalue weighted by Crippen LogP contribution is -2.08. The SMILES string of the molecule is Nc1cn2ccnc2c(NCCCO)n1. The molecule has 15 heavy (non-hydrogen) atoms. The molecular formula is C9H13N5O. The van der Waals surface area contributed by atoms with Crippen molar-refractivity contribution in [2.75, 3.05) is 24.2 Å². The largest absolute Gasteiger partial charge is 0.396 e. The molecular weight excluding hydrogens is 194 g/mol. The van der Waals surface area contributed by atoms with Crippen molar-refractivity contribution in [1.82, 2.24) is 14.4 Å². The zero-order chi connectivity index (χ0) is 10.7. The van der Waals surface area contributed by atoms with Crippen molar-refractivity contribution in [2.24, 2.45) is 0 Å². The Balaban J connectivity index is 2.27. The summed E-state index contributed by atoms with van der Waals surface area (Å²) < 4.78 is 1.81. The van der Waals surface area contributed by atoms with Crippen LogP contribution >= 0.6 is 0 Å². The van der Waals surface area contributed by atoms with Gasteiger partial charge in [-0.1, -0.05) is 0 Å². The summed E-state index contributed by atoms with van der Waals surface area (Å²) in [5, 5.41) is 11.7. The molecule has 0 saturated carbocycles. The number of fused-ring (bicyclic) bond motifs is 1. The average Bonchev–Trinajstić information content (AvgIpc) is 2.65. The van der Waals surface area contributed by atoms with Gasteiger partial charge < -0.3 is 20.6 Å². The van der Waals surface area contributed by atoms with E-state index in [0.717, 1.165) is 5.65 Å². The van der Waals surface area contributed by atoms with Gasteiger partial charge in [-0.15, -0.1) is 0 Å². The monoisotopic (exact) mass is 207 g/mol. The van der Waals surface area contributed by atoms with Crippen LogP contribution in [0.1, 0.15) is 6.42 Å². The van der Waals surface area contributed by atoms with Crippen molar-refractivity contribution < 1.29 is 5.11 Å². The van der Waals surface area contributed by atoms with E-state index in [-0.39, 0.29) is 6.61 Å². The number of hydrogen-bond acceptors (Lipinski definition) is 5. The van der Waals surface area contributed by atoms with Crippen LogP contribution in [0.25, 0.3) is 5.65 Å². The maximum atomic E-state index is 8.67. The first kappa shape index (κ1) is 9.72. The Morgan fingerprint density at radius 2 is 2.40 bits per heavy atom. The molecule has 0 aliphatic rings. The number of nitrogen functional groups attached to an aromatic ring is 1.